The van der Waals surface area contributed by atoms with Crippen molar-refractivity contribution in [3.05, 3.63) is 27.1 Å². The van der Waals surface area contributed by atoms with Crippen LogP contribution in [-0.4, -0.2) is 25.1 Å². The van der Waals surface area contributed by atoms with E-state index in [4.69, 9.17) is 4.74 Å². The van der Waals surface area contributed by atoms with Crippen LogP contribution in [0.1, 0.15) is 0 Å². The van der Waals surface area contributed by atoms with E-state index in [0.717, 1.165) is 8.95 Å². The van der Waals surface area contributed by atoms with Crippen molar-refractivity contribution in [3.63, 3.8) is 0 Å². The highest BCUT2D eigenvalue weighted by atomic mass is 79.9. The van der Waals surface area contributed by atoms with E-state index in [0.29, 0.717) is 5.75 Å². The number of halogens is 2. The molecule has 14 heavy (non-hydrogen) atoms. The Morgan fingerprint density at radius 1 is 1.36 bits per heavy atom. The summed E-state index contributed by atoms with van der Waals surface area (Å²) in [7, 11) is 3.27. The maximum atomic E-state index is 11.2. The summed E-state index contributed by atoms with van der Waals surface area (Å²) < 4.78 is 6.74. The van der Waals surface area contributed by atoms with Crippen molar-refractivity contribution in [1.82, 2.24) is 4.90 Å². The molecule has 0 N–H and O–H groups in total. The fourth-order valence-electron chi connectivity index (χ4n) is 0.743. The van der Waals surface area contributed by atoms with E-state index in [1.165, 1.54) is 4.90 Å². The van der Waals surface area contributed by atoms with Crippen LogP contribution in [0.3, 0.4) is 0 Å². The molecule has 0 aromatic heterocycles. The molecule has 76 valence electrons. The minimum Gasteiger partial charge on any atom is -0.409 e. The summed E-state index contributed by atoms with van der Waals surface area (Å²) >= 11 is 6.61. The zero-order chi connectivity index (χ0) is 10.7. The topological polar surface area (TPSA) is 29.5 Å². The van der Waals surface area contributed by atoms with Crippen LogP contribution >= 0.6 is 31.9 Å². The SMILES string of the molecule is CN(C)C(=O)Oc1ccc(Br)cc1Br. The molecular formula is C9H9Br2NO2. The lowest BCUT2D eigenvalue weighted by Crippen LogP contribution is -2.25. The highest BCUT2D eigenvalue weighted by molar-refractivity contribution is 9.11. The Labute approximate surface area is 99.3 Å². The third kappa shape index (κ3) is 2.99. The number of benzene rings is 1. The summed E-state index contributed by atoms with van der Waals surface area (Å²) in [5.74, 6) is 0.506. The molecule has 1 amide bonds. The van der Waals surface area contributed by atoms with Crippen LogP contribution in [0, 0.1) is 0 Å². The van der Waals surface area contributed by atoms with Crippen molar-refractivity contribution in [1.29, 1.82) is 0 Å². The summed E-state index contributed by atoms with van der Waals surface area (Å²) in [5, 5.41) is 0. The zero-order valence-electron chi connectivity index (χ0n) is 7.75. The monoisotopic (exact) mass is 321 g/mol. The molecule has 3 nitrogen and oxygen atoms in total. The first-order valence-corrected chi connectivity index (χ1v) is 5.43. The Morgan fingerprint density at radius 2 is 2.00 bits per heavy atom. The molecule has 0 spiro atoms. The Kier molecular flexibility index (Phi) is 3.95. The Bertz CT molecular complexity index is 353. The van der Waals surface area contributed by atoms with Crippen LogP contribution in [-0.2, 0) is 0 Å². The molecular weight excluding hydrogens is 314 g/mol. The lowest BCUT2D eigenvalue weighted by Gasteiger charge is -2.11. The van der Waals surface area contributed by atoms with Gasteiger partial charge in [-0.3, -0.25) is 0 Å². The van der Waals surface area contributed by atoms with Gasteiger partial charge in [0.2, 0.25) is 0 Å². The standard InChI is InChI=1S/C9H9Br2NO2/c1-12(2)9(13)14-8-4-3-6(10)5-7(8)11/h3-5H,1-2H3. The van der Waals surface area contributed by atoms with Gasteiger partial charge >= 0.3 is 6.09 Å². The number of hydrogen-bond acceptors (Lipinski definition) is 2. The van der Waals surface area contributed by atoms with Crippen molar-refractivity contribution < 1.29 is 9.53 Å². The quantitative estimate of drug-likeness (QED) is 0.794. The second kappa shape index (κ2) is 4.79. The number of rotatable bonds is 1. The van der Waals surface area contributed by atoms with Gasteiger partial charge in [0, 0.05) is 18.6 Å². The first-order valence-electron chi connectivity index (χ1n) is 3.85. The van der Waals surface area contributed by atoms with E-state index in [9.17, 15) is 4.79 Å². The maximum Gasteiger partial charge on any atom is 0.414 e. The second-order valence-electron chi connectivity index (χ2n) is 2.84. The molecule has 0 fully saturated rings. The molecule has 0 saturated carbocycles. The van der Waals surface area contributed by atoms with Crippen LogP contribution in [0.25, 0.3) is 0 Å². The summed E-state index contributed by atoms with van der Waals surface area (Å²) in [6.07, 6.45) is -0.395. The Morgan fingerprint density at radius 3 is 2.50 bits per heavy atom. The van der Waals surface area contributed by atoms with Crippen molar-refractivity contribution in [2.45, 2.75) is 0 Å². The largest absolute Gasteiger partial charge is 0.414 e. The van der Waals surface area contributed by atoms with Crippen LogP contribution in [0.5, 0.6) is 5.75 Å². The predicted molar refractivity (Wildman–Crippen MR) is 61.6 cm³/mol. The molecule has 0 aliphatic carbocycles. The molecule has 0 bridgehead atoms. The van der Waals surface area contributed by atoms with E-state index in [1.54, 1.807) is 20.2 Å². The summed E-state index contributed by atoms with van der Waals surface area (Å²) in [5.41, 5.74) is 0. The smallest absolute Gasteiger partial charge is 0.409 e. The zero-order valence-corrected chi connectivity index (χ0v) is 10.9. The normalized spacial score (nSPS) is 9.71. The van der Waals surface area contributed by atoms with Gasteiger partial charge in [0.05, 0.1) is 4.47 Å². The molecule has 1 rings (SSSR count). The van der Waals surface area contributed by atoms with E-state index in [-0.39, 0.29) is 0 Å². The van der Waals surface area contributed by atoms with Crippen molar-refractivity contribution in [3.8, 4) is 5.75 Å². The van der Waals surface area contributed by atoms with Crippen LogP contribution in [0.15, 0.2) is 27.1 Å². The third-order valence-corrected chi connectivity index (χ3v) is 2.57. The number of amides is 1. The number of nitrogens with zero attached hydrogens (tertiary/aromatic N) is 1. The first-order chi connectivity index (χ1) is 6.50. The van der Waals surface area contributed by atoms with Gasteiger partial charge < -0.3 is 9.64 Å². The molecule has 0 unspecified atom stereocenters. The summed E-state index contributed by atoms with van der Waals surface area (Å²) in [6, 6.07) is 5.34. The molecule has 0 radical (unpaired) electrons. The van der Waals surface area contributed by atoms with Crippen LogP contribution < -0.4 is 4.74 Å². The molecule has 1 aromatic carbocycles. The predicted octanol–water partition coefficient (Wildman–Crippen LogP) is 3.27. The minimum atomic E-state index is -0.395. The van der Waals surface area contributed by atoms with E-state index >= 15 is 0 Å². The fraction of sp³-hybridized carbons (Fsp3) is 0.222. The lowest BCUT2D eigenvalue weighted by molar-refractivity contribution is 0.171. The highest BCUT2D eigenvalue weighted by Gasteiger charge is 2.09. The number of ether oxygens (including phenoxy) is 1. The first kappa shape index (κ1) is 11.5. The van der Waals surface area contributed by atoms with Gasteiger partial charge in [0.15, 0.2) is 0 Å². The number of carbonyl (C=O) groups is 1. The summed E-state index contributed by atoms with van der Waals surface area (Å²) in [6.45, 7) is 0. The van der Waals surface area contributed by atoms with Gasteiger partial charge in [-0.05, 0) is 34.1 Å². The average Bonchev–Trinajstić information content (AvgIpc) is 2.09. The molecule has 0 heterocycles. The average molecular weight is 323 g/mol. The number of carbonyl (C=O) groups excluding carboxylic acids is 1. The fourth-order valence-corrected chi connectivity index (χ4v) is 1.87. The third-order valence-electron chi connectivity index (χ3n) is 1.46. The van der Waals surface area contributed by atoms with E-state index in [2.05, 4.69) is 31.9 Å². The maximum absolute atomic E-state index is 11.2. The van der Waals surface area contributed by atoms with Crippen molar-refractivity contribution in [2.24, 2.45) is 0 Å². The Balaban J connectivity index is 2.82. The molecule has 0 aliphatic heterocycles. The van der Waals surface area contributed by atoms with E-state index < -0.39 is 6.09 Å². The molecule has 0 aliphatic rings. The van der Waals surface area contributed by atoms with Gasteiger partial charge in [0.1, 0.15) is 5.75 Å². The molecule has 0 saturated heterocycles. The van der Waals surface area contributed by atoms with E-state index in [1.807, 2.05) is 12.1 Å². The number of hydrogen-bond donors (Lipinski definition) is 0. The van der Waals surface area contributed by atoms with Gasteiger partial charge in [0.25, 0.3) is 0 Å². The highest BCUT2D eigenvalue weighted by Crippen LogP contribution is 2.28. The van der Waals surface area contributed by atoms with Gasteiger partial charge in [-0.1, -0.05) is 15.9 Å². The van der Waals surface area contributed by atoms with Crippen LogP contribution in [0.2, 0.25) is 0 Å². The van der Waals surface area contributed by atoms with Crippen LogP contribution in [0.4, 0.5) is 4.79 Å². The minimum absolute atomic E-state index is 0.395. The van der Waals surface area contributed by atoms with Gasteiger partial charge in [-0.25, -0.2) is 4.79 Å². The molecule has 1 aromatic rings. The molecule has 0 atom stereocenters. The lowest BCUT2D eigenvalue weighted by atomic mass is 10.3. The Hall–Kier alpha value is -0.550. The van der Waals surface area contributed by atoms with Gasteiger partial charge in [-0.15, -0.1) is 0 Å². The summed E-state index contributed by atoms with van der Waals surface area (Å²) in [4.78, 5) is 12.6. The second-order valence-corrected chi connectivity index (χ2v) is 4.61. The van der Waals surface area contributed by atoms with Gasteiger partial charge in [-0.2, -0.15) is 0 Å². The molecule has 5 heteroatoms. The van der Waals surface area contributed by atoms with Crippen molar-refractivity contribution >= 4 is 38.0 Å². The van der Waals surface area contributed by atoms with Crippen molar-refractivity contribution in [2.75, 3.05) is 14.1 Å².